The SMILES string of the molecule is CN1CCN=C1OC(=O)NC1(C(=O)NCc2ccc(Nc3ccccc3C(F)(F)F)cc2)CC1. The zero-order chi connectivity index (χ0) is 24.3. The van der Waals surface area contributed by atoms with Crippen LogP contribution < -0.4 is 16.0 Å². The van der Waals surface area contributed by atoms with Crippen LogP contribution in [0.1, 0.15) is 24.0 Å². The topological polar surface area (TPSA) is 95.1 Å². The van der Waals surface area contributed by atoms with Crippen molar-refractivity contribution in [2.75, 3.05) is 25.5 Å². The molecule has 180 valence electrons. The summed E-state index contributed by atoms with van der Waals surface area (Å²) in [6, 6.07) is 12.1. The number of halogens is 3. The van der Waals surface area contributed by atoms with Crippen LogP contribution in [0.3, 0.4) is 0 Å². The Morgan fingerprint density at radius 2 is 1.82 bits per heavy atom. The van der Waals surface area contributed by atoms with Crippen molar-refractivity contribution in [3.63, 3.8) is 0 Å². The van der Waals surface area contributed by atoms with E-state index in [1.165, 1.54) is 18.2 Å². The van der Waals surface area contributed by atoms with E-state index in [0.717, 1.165) is 11.6 Å². The highest BCUT2D eigenvalue weighted by molar-refractivity contribution is 5.95. The Morgan fingerprint density at radius 3 is 2.44 bits per heavy atom. The highest BCUT2D eigenvalue weighted by Crippen LogP contribution is 2.37. The van der Waals surface area contributed by atoms with Crippen molar-refractivity contribution in [3.8, 4) is 0 Å². The maximum absolute atomic E-state index is 13.2. The number of nitrogens with zero attached hydrogens (tertiary/aromatic N) is 2. The van der Waals surface area contributed by atoms with Gasteiger partial charge in [-0.3, -0.25) is 4.79 Å². The highest BCUT2D eigenvalue weighted by Gasteiger charge is 2.51. The van der Waals surface area contributed by atoms with E-state index < -0.39 is 23.4 Å². The lowest BCUT2D eigenvalue weighted by molar-refractivity contribution is -0.137. The molecule has 1 saturated carbocycles. The van der Waals surface area contributed by atoms with Gasteiger partial charge in [0.1, 0.15) is 5.54 Å². The lowest BCUT2D eigenvalue weighted by Gasteiger charge is -2.18. The van der Waals surface area contributed by atoms with Gasteiger partial charge < -0.3 is 25.6 Å². The minimum absolute atomic E-state index is 0.0422. The Labute approximate surface area is 194 Å². The zero-order valence-electron chi connectivity index (χ0n) is 18.4. The number of para-hydroxylation sites is 1. The molecule has 0 radical (unpaired) electrons. The Balaban J connectivity index is 1.30. The van der Waals surface area contributed by atoms with Crippen molar-refractivity contribution in [2.24, 2.45) is 4.99 Å². The van der Waals surface area contributed by atoms with Crippen LogP contribution in [0.2, 0.25) is 0 Å². The molecule has 1 aliphatic carbocycles. The molecule has 2 amide bonds. The van der Waals surface area contributed by atoms with Gasteiger partial charge in [-0.25, -0.2) is 9.79 Å². The molecule has 34 heavy (non-hydrogen) atoms. The summed E-state index contributed by atoms with van der Waals surface area (Å²) in [5, 5.41) is 8.19. The van der Waals surface area contributed by atoms with E-state index in [0.29, 0.717) is 31.6 Å². The summed E-state index contributed by atoms with van der Waals surface area (Å²) in [7, 11) is 1.76. The summed E-state index contributed by atoms with van der Waals surface area (Å²) < 4.78 is 44.7. The molecule has 0 aromatic heterocycles. The summed E-state index contributed by atoms with van der Waals surface area (Å²) >= 11 is 0. The number of amidine groups is 1. The van der Waals surface area contributed by atoms with Gasteiger partial charge in [-0.2, -0.15) is 13.2 Å². The molecule has 1 fully saturated rings. The van der Waals surface area contributed by atoms with Crippen molar-refractivity contribution in [1.82, 2.24) is 15.5 Å². The largest absolute Gasteiger partial charge is 0.418 e. The van der Waals surface area contributed by atoms with Crippen LogP contribution in [-0.4, -0.2) is 48.6 Å². The first kappa shape index (κ1) is 23.4. The molecule has 1 heterocycles. The summed E-state index contributed by atoms with van der Waals surface area (Å²) in [5.41, 5.74) is -0.561. The Kier molecular flexibility index (Phi) is 6.36. The number of carbonyl (C=O) groups is 2. The van der Waals surface area contributed by atoms with Crippen LogP contribution in [0, 0.1) is 0 Å². The van der Waals surface area contributed by atoms with Gasteiger partial charge in [-0.1, -0.05) is 24.3 Å². The fourth-order valence-corrected chi connectivity index (χ4v) is 3.51. The molecule has 2 aliphatic rings. The van der Waals surface area contributed by atoms with Crippen molar-refractivity contribution >= 4 is 29.4 Å². The van der Waals surface area contributed by atoms with Crippen LogP contribution >= 0.6 is 0 Å². The maximum atomic E-state index is 13.2. The second-order valence-corrected chi connectivity index (χ2v) is 8.23. The molecule has 2 aromatic carbocycles. The standard InChI is InChI=1S/C23H24F3N5O3/c1-31-13-12-27-20(31)34-21(33)30-22(10-11-22)19(32)28-14-15-6-8-16(9-7-15)29-18-5-3-2-4-17(18)23(24,25)26/h2-9,29H,10-14H2,1H3,(H,28,32)(H,30,33). The average molecular weight is 475 g/mol. The van der Waals surface area contributed by atoms with E-state index in [4.69, 9.17) is 4.74 Å². The molecule has 3 N–H and O–H groups in total. The van der Waals surface area contributed by atoms with E-state index in [1.807, 2.05) is 0 Å². The third-order valence-corrected chi connectivity index (χ3v) is 5.64. The van der Waals surface area contributed by atoms with Crippen molar-refractivity contribution in [2.45, 2.75) is 31.1 Å². The third kappa shape index (κ3) is 5.41. The van der Waals surface area contributed by atoms with Crippen LogP contribution in [0.15, 0.2) is 53.5 Å². The van der Waals surface area contributed by atoms with Crippen LogP contribution in [0.5, 0.6) is 0 Å². The molecule has 0 spiro atoms. The van der Waals surface area contributed by atoms with Crippen molar-refractivity contribution in [1.29, 1.82) is 0 Å². The number of alkyl carbamates (subject to hydrolysis) is 1. The van der Waals surface area contributed by atoms with Gasteiger partial charge in [0, 0.05) is 25.8 Å². The van der Waals surface area contributed by atoms with E-state index in [1.54, 1.807) is 36.2 Å². The predicted octanol–water partition coefficient (Wildman–Crippen LogP) is 3.63. The van der Waals surface area contributed by atoms with Gasteiger partial charge in [0.25, 0.3) is 6.02 Å². The molecule has 0 bridgehead atoms. The van der Waals surface area contributed by atoms with Crippen LogP contribution in [0.4, 0.5) is 29.3 Å². The summed E-state index contributed by atoms with van der Waals surface area (Å²) in [5.74, 6) is -0.326. The lowest BCUT2D eigenvalue weighted by Crippen LogP contribution is -2.49. The average Bonchev–Trinajstić information content (AvgIpc) is 3.47. The molecule has 11 heteroatoms. The molecule has 8 nitrogen and oxygen atoms in total. The number of hydrogen-bond acceptors (Lipinski definition) is 6. The number of carbonyl (C=O) groups excluding carboxylic acids is 2. The molecule has 1 aliphatic heterocycles. The Morgan fingerprint density at radius 1 is 1.12 bits per heavy atom. The van der Waals surface area contributed by atoms with E-state index in [9.17, 15) is 22.8 Å². The first-order valence-corrected chi connectivity index (χ1v) is 10.7. The maximum Gasteiger partial charge on any atom is 0.418 e. The lowest BCUT2D eigenvalue weighted by atomic mass is 10.1. The molecule has 0 atom stereocenters. The smallest absolute Gasteiger partial charge is 0.376 e. The number of benzene rings is 2. The van der Waals surface area contributed by atoms with Gasteiger partial charge in [-0.05, 0) is 42.7 Å². The minimum atomic E-state index is -4.46. The molecule has 4 rings (SSSR count). The number of ether oxygens (including phenoxy) is 1. The van der Waals surface area contributed by atoms with Crippen molar-refractivity contribution < 1.29 is 27.5 Å². The van der Waals surface area contributed by atoms with Gasteiger partial charge >= 0.3 is 12.3 Å². The first-order valence-electron chi connectivity index (χ1n) is 10.7. The fraction of sp³-hybridized carbons (Fsp3) is 0.348. The molecule has 0 saturated heterocycles. The quantitative estimate of drug-likeness (QED) is 0.593. The second kappa shape index (κ2) is 9.24. The highest BCUT2D eigenvalue weighted by atomic mass is 19.4. The number of nitrogens with one attached hydrogen (secondary N) is 3. The third-order valence-electron chi connectivity index (χ3n) is 5.64. The van der Waals surface area contributed by atoms with Crippen LogP contribution in [0.25, 0.3) is 0 Å². The molecular formula is C23H24F3N5O3. The number of rotatable bonds is 6. The number of amides is 2. The van der Waals surface area contributed by atoms with Crippen LogP contribution in [-0.2, 0) is 22.3 Å². The Bertz CT molecular complexity index is 1100. The summed E-state index contributed by atoms with van der Waals surface area (Å²) in [6.07, 6.45) is -4.20. The summed E-state index contributed by atoms with van der Waals surface area (Å²) in [4.78, 5) is 30.6. The normalized spacial score (nSPS) is 16.5. The van der Waals surface area contributed by atoms with Gasteiger partial charge in [0.05, 0.1) is 17.8 Å². The number of anilines is 2. The van der Waals surface area contributed by atoms with Gasteiger partial charge in [-0.15, -0.1) is 0 Å². The second-order valence-electron chi connectivity index (χ2n) is 8.23. The zero-order valence-corrected chi connectivity index (χ0v) is 18.4. The molecular weight excluding hydrogens is 451 g/mol. The van der Waals surface area contributed by atoms with Crippen molar-refractivity contribution in [3.05, 3.63) is 59.7 Å². The number of aliphatic imine (C=N–C) groups is 1. The van der Waals surface area contributed by atoms with E-state index in [-0.39, 0.29) is 24.2 Å². The summed E-state index contributed by atoms with van der Waals surface area (Å²) in [6.45, 7) is 1.41. The fourth-order valence-electron chi connectivity index (χ4n) is 3.51. The first-order chi connectivity index (χ1) is 16.2. The van der Waals surface area contributed by atoms with Gasteiger partial charge in [0.2, 0.25) is 5.91 Å². The monoisotopic (exact) mass is 475 g/mol. The number of likely N-dealkylation sites (N-methyl/N-ethyl adjacent to an activating group) is 1. The number of alkyl halides is 3. The molecule has 0 unspecified atom stereocenters. The van der Waals surface area contributed by atoms with E-state index in [2.05, 4.69) is 20.9 Å². The molecule has 2 aromatic rings. The van der Waals surface area contributed by atoms with E-state index >= 15 is 0 Å². The Hall–Kier alpha value is -3.76. The number of hydrogen-bond donors (Lipinski definition) is 3. The van der Waals surface area contributed by atoms with Gasteiger partial charge in [0.15, 0.2) is 0 Å². The predicted molar refractivity (Wildman–Crippen MR) is 120 cm³/mol. The minimum Gasteiger partial charge on any atom is -0.376 e.